The molecular weight excluding hydrogens is 214 g/mol. The number of hydrogen-bond donors (Lipinski definition) is 2. The van der Waals surface area contributed by atoms with Gasteiger partial charge in [-0.25, -0.2) is 4.98 Å². The number of carbonyl (C=O) groups is 1. The first-order valence-corrected chi connectivity index (χ1v) is 5.62. The van der Waals surface area contributed by atoms with Crippen LogP contribution in [-0.4, -0.2) is 24.5 Å². The van der Waals surface area contributed by atoms with Crippen molar-refractivity contribution in [2.75, 3.05) is 18.9 Å². The average molecular weight is 229 g/mol. The van der Waals surface area contributed by atoms with E-state index in [1.54, 1.807) is 6.07 Å². The molecule has 0 saturated heterocycles. The molecule has 1 heterocycles. The Hall–Kier alpha value is -2.10. The van der Waals surface area contributed by atoms with E-state index < -0.39 is 0 Å². The number of nitrogens with zero attached hydrogens (tertiary/aromatic N) is 1. The van der Waals surface area contributed by atoms with Crippen LogP contribution in [0, 0.1) is 0 Å². The van der Waals surface area contributed by atoms with Gasteiger partial charge in [-0.1, -0.05) is 18.2 Å². The Morgan fingerprint density at radius 3 is 2.82 bits per heavy atom. The van der Waals surface area contributed by atoms with Crippen molar-refractivity contribution in [1.82, 2.24) is 10.3 Å². The average Bonchev–Trinajstić information content (AvgIpc) is 2.37. The first kappa shape index (κ1) is 11.4. The van der Waals surface area contributed by atoms with Crippen LogP contribution in [0.3, 0.4) is 0 Å². The Morgan fingerprint density at radius 2 is 2.12 bits per heavy atom. The fraction of sp³-hybridized carbons (Fsp3) is 0.231. The topological polar surface area (TPSA) is 54.0 Å². The van der Waals surface area contributed by atoms with Crippen molar-refractivity contribution in [3.8, 4) is 0 Å². The summed E-state index contributed by atoms with van der Waals surface area (Å²) < 4.78 is 0. The number of rotatable bonds is 3. The molecule has 0 unspecified atom stereocenters. The second kappa shape index (κ2) is 4.82. The largest absolute Gasteiger partial charge is 0.388 e. The lowest BCUT2D eigenvalue weighted by atomic mass is 10.1. The van der Waals surface area contributed by atoms with Gasteiger partial charge in [-0.05, 0) is 19.1 Å². The summed E-state index contributed by atoms with van der Waals surface area (Å²) in [6.07, 6.45) is 0. The molecule has 0 saturated carbocycles. The molecule has 0 atom stereocenters. The molecule has 17 heavy (non-hydrogen) atoms. The first-order valence-electron chi connectivity index (χ1n) is 5.62. The summed E-state index contributed by atoms with van der Waals surface area (Å²) in [5.41, 5.74) is 2.17. The van der Waals surface area contributed by atoms with Crippen LogP contribution >= 0.6 is 0 Å². The number of nitrogens with one attached hydrogen (secondary N) is 2. The monoisotopic (exact) mass is 229 g/mol. The molecule has 2 N–H and O–H groups in total. The van der Waals surface area contributed by atoms with Gasteiger partial charge in [-0.3, -0.25) is 4.79 Å². The first-order chi connectivity index (χ1) is 8.26. The van der Waals surface area contributed by atoms with Crippen LogP contribution in [0.25, 0.3) is 10.9 Å². The van der Waals surface area contributed by atoms with Crippen LogP contribution in [-0.2, 0) is 0 Å². The van der Waals surface area contributed by atoms with Crippen LogP contribution in [0.15, 0.2) is 30.3 Å². The molecular formula is C13H15N3O. The molecule has 2 rings (SSSR count). The van der Waals surface area contributed by atoms with Crippen LogP contribution < -0.4 is 10.6 Å². The van der Waals surface area contributed by atoms with Gasteiger partial charge in [0, 0.05) is 24.7 Å². The maximum absolute atomic E-state index is 11.8. The molecule has 1 aromatic carbocycles. The number of pyridine rings is 1. The van der Waals surface area contributed by atoms with Crippen molar-refractivity contribution in [2.45, 2.75) is 6.92 Å². The zero-order valence-corrected chi connectivity index (χ0v) is 9.95. The summed E-state index contributed by atoms with van der Waals surface area (Å²) in [5.74, 6) is -0.144. The second-order valence-electron chi connectivity index (χ2n) is 3.68. The summed E-state index contributed by atoms with van der Waals surface area (Å²) in [6.45, 7) is 2.49. The summed E-state index contributed by atoms with van der Waals surface area (Å²) >= 11 is 0. The third-order valence-electron chi connectivity index (χ3n) is 2.56. The van der Waals surface area contributed by atoms with Crippen LogP contribution in [0.2, 0.25) is 0 Å². The molecule has 0 fully saturated rings. The molecule has 0 spiro atoms. The molecule has 2 aromatic rings. The van der Waals surface area contributed by atoms with Gasteiger partial charge in [0.1, 0.15) is 5.69 Å². The van der Waals surface area contributed by atoms with Gasteiger partial charge in [0.15, 0.2) is 0 Å². The van der Waals surface area contributed by atoms with E-state index in [9.17, 15) is 4.79 Å². The highest BCUT2D eigenvalue weighted by Gasteiger charge is 2.10. The zero-order valence-electron chi connectivity index (χ0n) is 9.95. The lowest BCUT2D eigenvalue weighted by molar-refractivity contribution is 0.0951. The van der Waals surface area contributed by atoms with Gasteiger partial charge in [-0.15, -0.1) is 0 Å². The highest BCUT2D eigenvalue weighted by Crippen LogP contribution is 2.22. The van der Waals surface area contributed by atoms with Crippen molar-refractivity contribution < 1.29 is 4.79 Å². The number of anilines is 1. The molecule has 1 aromatic heterocycles. The molecule has 1 amide bonds. The number of amides is 1. The quantitative estimate of drug-likeness (QED) is 0.846. The van der Waals surface area contributed by atoms with Gasteiger partial charge in [0.2, 0.25) is 0 Å². The van der Waals surface area contributed by atoms with E-state index in [0.717, 1.165) is 16.6 Å². The van der Waals surface area contributed by atoms with Crippen LogP contribution in [0.5, 0.6) is 0 Å². The number of fused-ring (bicyclic) bond motifs is 1. The molecule has 0 radical (unpaired) electrons. The van der Waals surface area contributed by atoms with Gasteiger partial charge in [0.25, 0.3) is 5.91 Å². The van der Waals surface area contributed by atoms with E-state index in [1.807, 2.05) is 38.2 Å². The lowest BCUT2D eigenvalue weighted by Crippen LogP contribution is -2.23. The molecule has 88 valence electrons. The standard InChI is InChI=1S/C13H15N3O/c1-3-15-13(17)12-8-11(14-2)9-6-4-5-7-10(9)16-12/h4-8H,3H2,1-2H3,(H,14,16)(H,15,17). The number of carbonyl (C=O) groups excluding carboxylic acids is 1. The molecule has 4 nitrogen and oxygen atoms in total. The molecule has 0 aliphatic heterocycles. The molecule has 0 aliphatic rings. The lowest BCUT2D eigenvalue weighted by Gasteiger charge is -2.08. The van der Waals surface area contributed by atoms with Crippen molar-refractivity contribution in [3.63, 3.8) is 0 Å². The van der Waals surface area contributed by atoms with Crippen LogP contribution in [0.4, 0.5) is 5.69 Å². The van der Waals surface area contributed by atoms with E-state index in [0.29, 0.717) is 12.2 Å². The Balaban J connectivity index is 2.56. The van der Waals surface area contributed by atoms with Crippen molar-refractivity contribution >= 4 is 22.5 Å². The molecule has 0 aliphatic carbocycles. The normalized spacial score (nSPS) is 10.2. The Labute approximate surface area is 100 Å². The fourth-order valence-electron chi connectivity index (χ4n) is 1.75. The smallest absolute Gasteiger partial charge is 0.269 e. The molecule has 4 heteroatoms. The van der Waals surface area contributed by atoms with Gasteiger partial charge in [-0.2, -0.15) is 0 Å². The summed E-state index contributed by atoms with van der Waals surface area (Å²) in [6, 6.07) is 9.52. The minimum Gasteiger partial charge on any atom is -0.388 e. The maximum atomic E-state index is 11.8. The SMILES string of the molecule is CCNC(=O)c1cc(NC)c2ccccc2n1. The Kier molecular flexibility index (Phi) is 3.23. The van der Waals surface area contributed by atoms with E-state index in [4.69, 9.17) is 0 Å². The van der Waals surface area contributed by atoms with E-state index in [1.165, 1.54) is 0 Å². The minimum absolute atomic E-state index is 0.144. The van der Waals surface area contributed by atoms with E-state index in [2.05, 4.69) is 15.6 Å². The summed E-state index contributed by atoms with van der Waals surface area (Å²) in [7, 11) is 1.84. The number of aromatic nitrogens is 1. The highest BCUT2D eigenvalue weighted by molar-refractivity contribution is 5.99. The Morgan fingerprint density at radius 1 is 1.35 bits per heavy atom. The van der Waals surface area contributed by atoms with Crippen LogP contribution in [0.1, 0.15) is 17.4 Å². The van der Waals surface area contributed by atoms with Gasteiger partial charge >= 0.3 is 0 Å². The number of benzene rings is 1. The second-order valence-corrected chi connectivity index (χ2v) is 3.68. The van der Waals surface area contributed by atoms with E-state index >= 15 is 0 Å². The summed E-state index contributed by atoms with van der Waals surface area (Å²) in [5, 5.41) is 6.85. The van der Waals surface area contributed by atoms with Gasteiger partial charge < -0.3 is 10.6 Å². The zero-order chi connectivity index (χ0) is 12.3. The predicted molar refractivity (Wildman–Crippen MR) is 69.3 cm³/mol. The van der Waals surface area contributed by atoms with E-state index in [-0.39, 0.29) is 5.91 Å². The third kappa shape index (κ3) is 2.20. The van der Waals surface area contributed by atoms with Crippen molar-refractivity contribution in [1.29, 1.82) is 0 Å². The van der Waals surface area contributed by atoms with Crippen molar-refractivity contribution in [2.24, 2.45) is 0 Å². The molecule has 0 bridgehead atoms. The minimum atomic E-state index is -0.144. The van der Waals surface area contributed by atoms with Gasteiger partial charge in [0.05, 0.1) is 5.52 Å². The predicted octanol–water partition coefficient (Wildman–Crippen LogP) is 2.03. The summed E-state index contributed by atoms with van der Waals surface area (Å²) in [4.78, 5) is 16.1. The number of hydrogen-bond acceptors (Lipinski definition) is 3. The number of para-hydroxylation sites is 1. The maximum Gasteiger partial charge on any atom is 0.269 e. The third-order valence-corrected chi connectivity index (χ3v) is 2.56. The van der Waals surface area contributed by atoms with Crippen molar-refractivity contribution in [3.05, 3.63) is 36.0 Å². The highest BCUT2D eigenvalue weighted by atomic mass is 16.1. The fourth-order valence-corrected chi connectivity index (χ4v) is 1.75. The Bertz CT molecular complexity index is 551.